The van der Waals surface area contributed by atoms with Crippen LogP contribution in [0.2, 0.25) is 0 Å². The molecule has 1 heterocycles. The van der Waals surface area contributed by atoms with Crippen LogP contribution in [0.15, 0.2) is 4.79 Å². The van der Waals surface area contributed by atoms with E-state index >= 15 is 0 Å². The molecular formula is C15H22N4O2. The van der Waals surface area contributed by atoms with Gasteiger partial charge >= 0.3 is 0 Å². The highest BCUT2D eigenvalue weighted by atomic mass is 16.2. The van der Waals surface area contributed by atoms with Crippen molar-refractivity contribution < 1.29 is 4.79 Å². The standard InChI is InChI=1S/C15H22N4O2/c1-2-11(16-14(20)10-7-8-10)12-15(21)17-13(19-18-12)9-5-3-4-6-9/h9-11H,2-8H2,1H3,(H,16,20)(H,17,19,21). The predicted molar refractivity (Wildman–Crippen MR) is 77.8 cm³/mol. The zero-order valence-electron chi connectivity index (χ0n) is 12.4. The maximum atomic E-state index is 12.3. The molecule has 1 unspecified atom stereocenters. The van der Waals surface area contributed by atoms with E-state index in [2.05, 4.69) is 20.5 Å². The minimum absolute atomic E-state index is 0.0305. The molecule has 0 spiro atoms. The van der Waals surface area contributed by atoms with Gasteiger partial charge in [0.05, 0.1) is 6.04 Å². The number of carbonyl (C=O) groups is 1. The third-order valence-corrected chi connectivity index (χ3v) is 4.48. The number of carbonyl (C=O) groups excluding carboxylic acids is 1. The molecule has 2 aliphatic rings. The van der Waals surface area contributed by atoms with Crippen LogP contribution in [-0.4, -0.2) is 21.1 Å². The molecule has 2 fully saturated rings. The highest BCUT2D eigenvalue weighted by Gasteiger charge is 2.32. The Morgan fingerprint density at radius 3 is 2.57 bits per heavy atom. The third kappa shape index (κ3) is 3.14. The van der Waals surface area contributed by atoms with E-state index in [1.54, 1.807) is 0 Å². The van der Waals surface area contributed by atoms with Crippen molar-refractivity contribution in [3.8, 4) is 0 Å². The van der Waals surface area contributed by atoms with E-state index in [-0.39, 0.29) is 23.4 Å². The molecule has 1 aromatic heterocycles. The Bertz CT molecular complexity index is 573. The van der Waals surface area contributed by atoms with E-state index < -0.39 is 0 Å². The van der Waals surface area contributed by atoms with Gasteiger partial charge in [0.2, 0.25) is 5.91 Å². The summed E-state index contributed by atoms with van der Waals surface area (Å²) in [5, 5.41) is 11.2. The number of H-pyrrole nitrogens is 1. The van der Waals surface area contributed by atoms with Crippen LogP contribution in [0.1, 0.15) is 75.3 Å². The van der Waals surface area contributed by atoms with Gasteiger partial charge < -0.3 is 10.3 Å². The van der Waals surface area contributed by atoms with Crippen LogP contribution >= 0.6 is 0 Å². The number of nitrogens with one attached hydrogen (secondary N) is 2. The Balaban J connectivity index is 1.76. The molecular weight excluding hydrogens is 268 g/mol. The van der Waals surface area contributed by atoms with E-state index in [9.17, 15) is 9.59 Å². The molecule has 2 saturated carbocycles. The summed E-state index contributed by atoms with van der Waals surface area (Å²) >= 11 is 0. The Morgan fingerprint density at radius 2 is 2.00 bits per heavy atom. The topological polar surface area (TPSA) is 87.7 Å². The van der Waals surface area contributed by atoms with Gasteiger partial charge in [-0.15, -0.1) is 10.2 Å². The molecule has 0 saturated heterocycles. The quantitative estimate of drug-likeness (QED) is 0.865. The number of nitrogens with zero attached hydrogens (tertiary/aromatic N) is 2. The van der Waals surface area contributed by atoms with E-state index in [4.69, 9.17) is 0 Å². The molecule has 1 aromatic rings. The molecule has 2 N–H and O–H groups in total. The number of aromatic nitrogens is 3. The second kappa shape index (κ2) is 5.95. The molecule has 6 heteroatoms. The fraction of sp³-hybridized carbons (Fsp3) is 0.733. The Kier molecular flexibility index (Phi) is 4.03. The van der Waals surface area contributed by atoms with Crippen LogP contribution in [0.25, 0.3) is 0 Å². The van der Waals surface area contributed by atoms with E-state index in [0.29, 0.717) is 23.9 Å². The molecule has 2 aliphatic carbocycles. The van der Waals surface area contributed by atoms with Crippen LogP contribution < -0.4 is 10.9 Å². The first-order chi connectivity index (χ1) is 10.2. The lowest BCUT2D eigenvalue weighted by molar-refractivity contribution is -0.123. The van der Waals surface area contributed by atoms with E-state index in [0.717, 1.165) is 25.7 Å². The van der Waals surface area contributed by atoms with Crippen molar-refractivity contribution in [1.82, 2.24) is 20.5 Å². The van der Waals surface area contributed by atoms with Crippen molar-refractivity contribution in [2.45, 2.75) is 63.8 Å². The molecule has 6 nitrogen and oxygen atoms in total. The highest BCUT2D eigenvalue weighted by molar-refractivity contribution is 5.81. The summed E-state index contributed by atoms with van der Waals surface area (Å²) in [4.78, 5) is 27.0. The molecule has 0 aliphatic heterocycles. The zero-order valence-corrected chi connectivity index (χ0v) is 12.4. The molecule has 1 amide bonds. The van der Waals surface area contributed by atoms with Gasteiger partial charge in [-0.2, -0.15) is 0 Å². The van der Waals surface area contributed by atoms with Crippen molar-refractivity contribution in [3.05, 3.63) is 21.9 Å². The van der Waals surface area contributed by atoms with Crippen LogP contribution in [0.5, 0.6) is 0 Å². The zero-order chi connectivity index (χ0) is 14.8. The minimum Gasteiger partial charge on any atom is -0.347 e. The summed E-state index contributed by atoms with van der Waals surface area (Å²) in [6, 6.07) is -0.341. The normalized spacial score (nSPS) is 20.4. The summed E-state index contributed by atoms with van der Waals surface area (Å²) < 4.78 is 0. The number of rotatable bonds is 5. The average molecular weight is 290 g/mol. The second-order valence-electron chi connectivity index (χ2n) is 6.15. The molecule has 0 aromatic carbocycles. The SMILES string of the molecule is CCC(NC(=O)C1CC1)c1nnc(C2CCCC2)[nH]c1=O. The number of hydrogen-bond donors (Lipinski definition) is 2. The maximum Gasteiger partial charge on any atom is 0.275 e. The van der Waals surface area contributed by atoms with Crippen molar-refractivity contribution in [2.24, 2.45) is 5.92 Å². The van der Waals surface area contributed by atoms with E-state index in [1.807, 2.05) is 6.92 Å². The smallest absolute Gasteiger partial charge is 0.275 e. The lowest BCUT2D eigenvalue weighted by Crippen LogP contribution is -2.34. The fourth-order valence-corrected chi connectivity index (χ4v) is 2.97. The fourth-order valence-electron chi connectivity index (χ4n) is 2.97. The largest absolute Gasteiger partial charge is 0.347 e. The average Bonchev–Trinajstić information content (AvgIpc) is 3.20. The molecule has 0 bridgehead atoms. The first-order valence-corrected chi connectivity index (χ1v) is 7.96. The van der Waals surface area contributed by atoms with Gasteiger partial charge in [-0.05, 0) is 32.1 Å². The number of amides is 1. The summed E-state index contributed by atoms with van der Waals surface area (Å²) in [5.74, 6) is 1.19. The van der Waals surface area contributed by atoms with Gasteiger partial charge in [-0.1, -0.05) is 19.8 Å². The van der Waals surface area contributed by atoms with Crippen LogP contribution in [-0.2, 0) is 4.79 Å². The summed E-state index contributed by atoms with van der Waals surface area (Å²) in [5.41, 5.74) is 0.114. The van der Waals surface area contributed by atoms with Crippen molar-refractivity contribution in [2.75, 3.05) is 0 Å². The summed E-state index contributed by atoms with van der Waals surface area (Å²) in [6.07, 6.45) is 7.05. The van der Waals surface area contributed by atoms with Crippen molar-refractivity contribution >= 4 is 5.91 Å². The van der Waals surface area contributed by atoms with Gasteiger partial charge in [0.15, 0.2) is 5.69 Å². The molecule has 1 atom stereocenters. The van der Waals surface area contributed by atoms with Gasteiger partial charge in [0, 0.05) is 11.8 Å². The minimum atomic E-state index is -0.341. The third-order valence-electron chi connectivity index (χ3n) is 4.48. The van der Waals surface area contributed by atoms with Gasteiger partial charge in [-0.25, -0.2) is 0 Å². The molecule has 3 rings (SSSR count). The number of hydrogen-bond acceptors (Lipinski definition) is 4. The predicted octanol–water partition coefficient (Wildman–Crippen LogP) is 1.80. The van der Waals surface area contributed by atoms with Crippen molar-refractivity contribution in [3.63, 3.8) is 0 Å². The van der Waals surface area contributed by atoms with Crippen molar-refractivity contribution in [1.29, 1.82) is 0 Å². The molecule has 114 valence electrons. The van der Waals surface area contributed by atoms with Crippen LogP contribution in [0.4, 0.5) is 0 Å². The summed E-state index contributed by atoms with van der Waals surface area (Å²) in [6.45, 7) is 1.93. The van der Waals surface area contributed by atoms with Crippen LogP contribution in [0, 0.1) is 5.92 Å². The molecule has 21 heavy (non-hydrogen) atoms. The lowest BCUT2D eigenvalue weighted by Gasteiger charge is -2.16. The highest BCUT2D eigenvalue weighted by Crippen LogP contribution is 2.31. The van der Waals surface area contributed by atoms with Gasteiger partial charge in [0.1, 0.15) is 5.82 Å². The van der Waals surface area contributed by atoms with Gasteiger partial charge in [-0.3, -0.25) is 9.59 Å². The summed E-state index contributed by atoms with van der Waals surface area (Å²) in [7, 11) is 0. The van der Waals surface area contributed by atoms with Gasteiger partial charge in [0.25, 0.3) is 5.56 Å². The lowest BCUT2D eigenvalue weighted by atomic mass is 10.1. The first-order valence-electron chi connectivity index (χ1n) is 7.96. The van der Waals surface area contributed by atoms with Crippen LogP contribution in [0.3, 0.4) is 0 Å². The maximum absolute atomic E-state index is 12.3. The second-order valence-corrected chi connectivity index (χ2v) is 6.15. The first kappa shape index (κ1) is 14.2. The monoisotopic (exact) mass is 290 g/mol. The number of aromatic amines is 1. The molecule has 0 radical (unpaired) electrons. The Hall–Kier alpha value is -1.72. The van der Waals surface area contributed by atoms with E-state index in [1.165, 1.54) is 12.8 Å². The Labute approximate surface area is 123 Å². The Morgan fingerprint density at radius 1 is 1.29 bits per heavy atom.